The van der Waals surface area contributed by atoms with E-state index >= 15 is 0 Å². The Kier molecular flexibility index (Phi) is 6.89. The van der Waals surface area contributed by atoms with Crippen LogP contribution in [0.4, 0.5) is 0 Å². The molecule has 2 aromatic rings. The van der Waals surface area contributed by atoms with Crippen LogP contribution in [0.3, 0.4) is 0 Å². The van der Waals surface area contributed by atoms with Crippen LogP contribution in [0, 0.1) is 6.92 Å². The molecule has 162 valence electrons. The molecular weight excluding hydrogens is 452 g/mol. The van der Waals surface area contributed by atoms with E-state index in [4.69, 9.17) is 9.47 Å². The highest BCUT2D eigenvalue weighted by molar-refractivity contribution is 9.10. The van der Waals surface area contributed by atoms with Gasteiger partial charge in [0, 0.05) is 17.1 Å². The van der Waals surface area contributed by atoms with Crippen molar-refractivity contribution in [1.82, 2.24) is 0 Å². The van der Waals surface area contributed by atoms with Gasteiger partial charge in [-0.05, 0) is 54.2 Å². The molecule has 0 aliphatic carbocycles. The Morgan fingerprint density at radius 2 is 1.77 bits per heavy atom. The standard InChI is InChI=1S/C23H27BrO6/c1-4-14-5-7-15(8-6-14)10-16-11-17(13(2)9-18(16)24)23(29-3)22(28)21(27)20(26)19(12-25)30-23/h5-9,11-12,20-22,25-28H,4,10H2,1-3H3/b19-12+/t20-,21+,22-,23+/m1/s1. The van der Waals surface area contributed by atoms with Gasteiger partial charge >= 0.3 is 0 Å². The summed E-state index contributed by atoms with van der Waals surface area (Å²) < 4.78 is 12.2. The molecule has 7 heteroatoms. The average molecular weight is 479 g/mol. The number of aryl methyl sites for hydroxylation is 2. The van der Waals surface area contributed by atoms with E-state index in [2.05, 4.69) is 47.1 Å². The molecule has 0 saturated carbocycles. The predicted octanol–water partition coefficient (Wildman–Crippen LogP) is 3.22. The highest BCUT2D eigenvalue weighted by Gasteiger charge is 2.55. The Bertz CT molecular complexity index is 926. The van der Waals surface area contributed by atoms with Crippen LogP contribution in [0.25, 0.3) is 0 Å². The minimum atomic E-state index is -1.79. The number of halogens is 1. The van der Waals surface area contributed by atoms with E-state index in [1.165, 1.54) is 12.7 Å². The van der Waals surface area contributed by atoms with Gasteiger partial charge < -0.3 is 29.9 Å². The number of benzene rings is 2. The van der Waals surface area contributed by atoms with E-state index < -0.39 is 24.1 Å². The second-order valence-electron chi connectivity index (χ2n) is 7.49. The number of aliphatic hydroxyl groups is 4. The zero-order chi connectivity index (χ0) is 22.1. The summed E-state index contributed by atoms with van der Waals surface area (Å²) in [6, 6.07) is 12.1. The molecule has 1 heterocycles. The second kappa shape index (κ2) is 9.08. The molecule has 0 aromatic heterocycles. The fourth-order valence-corrected chi connectivity index (χ4v) is 4.39. The Morgan fingerprint density at radius 1 is 1.13 bits per heavy atom. The topological polar surface area (TPSA) is 99.4 Å². The van der Waals surface area contributed by atoms with E-state index in [1.54, 1.807) is 0 Å². The summed E-state index contributed by atoms with van der Waals surface area (Å²) in [7, 11) is 1.34. The predicted molar refractivity (Wildman–Crippen MR) is 116 cm³/mol. The zero-order valence-electron chi connectivity index (χ0n) is 17.2. The van der Waals surface area contributed by atoms with Crippen molar-refractivity contribution in [3.8, 4) is 0 Å². The largest absolute Gasteiger partial charge is 0.512 e. The van der Waals surface area contributed by atoms with E-state index in [0.29, 0.717) is 18.2 Å². The van der Waals surface area contributed by atoms with Crippen LogP contribution in [-0.2, 0) is 28.1 Å². The third kappa shape index (κ3) is 4.00. The Labute approximate surface area is 184 Å². The Balaban J connectivity index is 2.06. The molecule has 4 N–H and O–H groups in total. The maximum Gasteiger partial charge on any atom is 0.266 e. The van der Waals surface area contributed by atoms with Crippen molar-refractivity contribution in [2.75, 3.05) is 7.11 Å². The first kappa shape index (κ1) is 22.8. The molecule has 0 amide bonds. The third-order valence-corrected chi connectivity index (χ3v) is 6.36. The summed E-state index contributed by atoms with van der Waals surface area (Å²) in [5.74, 6) is -2.08. The van der Waals surface area contributed by atoms with Gasteiger partial charge in [0.15, 0.2) is 11.9 Å². The average Bonchev–Trinajstić information content (AvgIpc) is 2.75. The van der Waals surface area contributed by atoms with E-state index in [0.717, 1.165) is 27.6 Å². The first-order chi connectivity index (χ1) is 14.3. The first-order valence-electron chi connectivity index (χ1n) is 9.77. The maximum absolute atomic E-state index is 10.8. The quantitative estimate of drug-likeness (QED) is 0.492. The molecule has 4 atom stereocenters. The molecule has 1 aliphatic rings. The molecule has 3 rings (SSSR count). The van der Waals surface area contributed by atoms with Crippen molar-refractivity contribution in [2.24, 2.45) is 0 Å². The lowest BCUT2D eigenvalue weighted by molar-refractivity contribution is -0.317. The van der Waals surface area contributed by atoms with E-state index in [-0.39, 0.29) is 5.76 Å². The lowest BCUT2D eigenvalue weighted by Crippen LogP contribution is -2.59. The smallest absolute Gasteiger partial charge is 0.266 e. The fourth-order valence-electron chi connectivity index (χ4n) is 3.79. The van der Waals surface area contributed by atoms with Gasteiger partial charge in [-0.25, -0.2) is 0 Å². The third-order valence-electron chi connectivity index (χ3n) is 5.62. The van der Waals surface area contributed by atoms with Crippen molar-refractivity contribution < 1.29 is 29.9 Å². The molecule has 2 aromatic carbocycles. The summed E-state index contributed by atoms with van der Waals surface area (Å²) in [5.41, 5.74) is 4.54. The fraction of sp³-hybridized carbons (Fsp3) is 0.391. The Morgan fingerprint density at radius 3 is 2.33 bits per heavy atom. The lowest BCUT2D eigenvalue weighted by atomic mass is 9.86. The van der Waals surface area contributed by atoms with Crippen molar-refractivity contribution >= 4 is 15.9 Å². The normalized spacial score (nSPS) is 27.8. The zero-order valence-corrected chi connectivity index (χ0v) is 18.8. The molecule has 1 fully saturated rings. The molecule has 0 bridgehead atoms. The van der Waals surface area contributed by atoms with Crippen molar-refractivity contribution in [1.29, 1.82) is 0 Å². The minimum absolute atomic E-state index is 0.284. The van der Waals surface area contributed by atoms with Gasteiger partial charge in [-0.2, -0.15) is 0 Å². The SMILES string of the molecule is CCc1ccc(Cc2cc([C@]3(OC)O/C(=C/O)[C@@H](O)[C@H](O)[C@H]3O)c(C)cc2Br)cc1. The molecule has 0 unspecified atom stereocenters. The highest BCUT2D eigenvalue weighted by atomic mass is 79.9. The van der Waals surface area contributed by atoms with Crippen LogP contribution in [0.1, 0.15) is 34.7 Å². The summed E-state index contributed by atoms with van der Waals surface area (Å²) in [6.07, 6.45) is -2.60. The lowest BCUT2D eigenvalue weighted by Gasteiger charge is -2.45. The van der Waals surface area contributed by atoms with Crippen LogP contribution < -0.4 is 0 Å². The van der Waals surface area contributed by atoms with Crippen molar-refractivity contribution in [2.45, 2.75) is 50.8 Å². The van der Waals surface area contributed by atoms with Crippen LogP contribution in [0.2, 0.25) is 0 Å². The summed E-state index contributed by atoms with van der Waals surface area (Å²) in [4.78, 5) is 0. The van der Waals surface area contributed by atoms with Gasteiger partial charge in [0.2, 0.25) is 0 Å². The summed E-state index contributed by atoms with van der Waals surface area (Å²) in [5, 5.41) is 40.6. The number of methoxy groups -OCH3 is 1. The number of hydrogen-bond donors (Lipinski definition) is 4. The van der Waals surface area contributed by atoms with Crippen molar-refractivity contribution in [3.63, 3.8) is 0 Å². The summed E-state index contributed by atoms with van der Waals surface area (Å²) >= 11 is 3.61. The number of hydrogen-bond acceptors (Lipinski definition) is 6. The molecule has 6 nitrogen and oxygen atoms in total. The van der Waals surface area contributed by atoms with Crippen LogP contribution >= 0.6 is 15.9 Å². The van der Waals surface area contributed by atoms with Crippen LogP contribution in [0.15, 0.2) is 52.9 Å². The molecule has 0 radical (unpaired) electrons. The van der Waals surface area contributed by atoms with Gasteiger partial charge in [-0.3, -0.25) is 0 Å². The van der Waals surface area contributed by atoms with Crippen molar-refractivity contribution in [3.05, 3.63) is 80.7 Å². The highest BCUT2D eigenvalue weighted by Crippen LogP contribution is 2.43. The van der Waals surface area contributed by atoms with Gasteiger partial charge in [0.05, 0.1) is 0 Å². The van der Waals surface area contributed by atoms with Gasteiger partial charge in [0.1, 0.15) is 18.5 Å². The number of aliphatic hydroxyl groups excluding tert-OH is 4. The molecule has 1 aliphatic heterocycles. The molecular formula is C23H27BrO6. The summed E-state index contributed by atoms with van der Waals surface area (Å²) in [6.45, 7) is 3.94. The number of rotatable bonds is 5. The molecule has 0 spiro atoms. The van der Waals surface area contributed by atoms with E-state index in [9.17, 15) is 20.4 Å². The first-order valence-corrected chi connectivity index (χ1v) is 10.6. The van der Waals surface area contributed by atoms with Gasteiger partial charge in [-0.1, -0.05) is 47.1 Å². The maximum atomic E-state index is 10.8. The number of ether oxygens (including phenoxy) is 2. The molecule has 1 saturated heterocycles. The van der Waals surface area contributed by atoms with E-state index in [1.807, 2.05) is 19.1 Å². The van der Waals surface area contributed by atoms with Gasteiger partial charge in [-0.15, -0.1) is 0 Å². The van der Waals surface area contributed by atoms with Gasteiger partial charge in [0.25, 0.3) is 5.79 Å². The Hall–Kier alpha value is -1.90. The second-order valence-corrected chi connectivity index (χ2v) is 8.35. The van der Waals surface area contributed by atoms with Crippen LogP contribution in [-0.4, -0.2) is 45.8 Å². The molecule has 30 heavy (non-hydrogen) atoms. The monoisotopic (exact) mass is 478 g/mol. The van der Waals surface area contributed by atoms with Crippen LogP contribution in [0.5, 0.6) is 0 Å². The minimum Gasteiger partial charge on any atom is -0.512 e.